The molecule has 0 aromatic carbocycles. The lowest BCUT2D eigenvalue weighted by molar-refractivity contribution is 0.0698. The lowest BCUT2D eigenvalue weighted by atomic mass is 9.63. The fourth-order valence-corrected chi connectivity index (χ4v) is 5.37. The number of hydrogen-bond acceptors (Lipinski definition) is 0. The molecule has 0 nitrogen and oxygen atoms in total. The molecule has 0 bridgehead atoms. The highest BCUT2D eigenvalue weighted by Gasteiger charge is 2.35. The minimum atomic E-state index is 0.847. The maximum atomic E-state index is 2.48. The minimum Gasteiger partial charge on any atom is -0.0683 e. The highest BCUT2D eigenvalue weighted by molar-refractivity contribution is 4.84. The Hall–Kier alpha value is 0. The summed E-state index contributed by atoms with van der Waals surface area (Å²) >= 11 is 0. The molecule has 0 aromatic heterocycles. The van der Waals surface area contributed by atoms with Gasteiger partial charge in [0.2, 0.25) is 0 Å². The van der Waals surface area contributed by atoms with E-state index < -0.39 is 0 Å². The summed E-state index contributed by atoms with van der Waals surface area (Å²) in [5, 5.41) is 0. The van der Waals surface area contributed by atoms with Crippen molar-refractivity contribution in [1.29, 1.82) is 0 Å². The summed E-state index contributed by atoms with van der Waals surface area (Å²) < 4.78 is 0. The van der Waals surface area contributed by atoms with Crippen LogP contribution < -0.4 is 0 Å². The standard InChI is InChI=1S/C14H28.C10H22.C9H20.C3H8.3C2H6/c1-6-7-8-14-9-10(2)11(3)12(4)13(14)5;1-4-5-6-7-8-9-10(2)3;1-6-8(4)9(5)7(2)3;1-3-2;3*1-2/h10-14H,6-9H2,1-5H3;10H,4-9H2,1-3H3;7-9H,6H2,1-5H3;3H2,1-2H3;3*1-2H3. The van der Waals surface area contributed by atoms with Crippen molar-refractivity contribution in [3.63, 3.8) is 0 Å². The third kappa shape index (κ3) is 36.2. The Bertz CT molecular complexity index is 408. The molecule has 0 amide bonds. The van der Waals surface area contributed by atoms with Gasteiger partial charge in [0.1, 0.15) is 0 Å². The number of unbranched alkanes of at least 4 members (excludes halogenated alkanes) is 5. The second-order valence-corrected chi connectivity index (χ2v) is 13.5. The molecule has 0 N–H and O–H groups in total. The lowest BCUT2D eigenvalue weighted by Crippen LogP contribution is -2.35. The van der Waals surface area contributed by atoms with E-state index in [1.54, 1.807) is 0 Å². The van der Waals surface area contributed by atoms with Gasteiger partial charge in [0, 0.05) is 0 Å². The van der Waals surface area contributed by atoms with Crippen molar-refractivity contribution in [1.82, 2.24) is 0 Å². The van der Waals surface area contributed by atoms with Gasteiger partial charge in [-0.25, -0.2) is 0 Å². The van der Waals surface area contributed by atoms with Gasteiger partial charge >= 0.3 is 0 Å². The van der Waals surface area contributed by atoms with Gasteiger partial charge in [-0.05, 0) is 59.7 Å². The summed E-state index contributed by atoms with van der Waals surface area (Å²) in [6.07, 6.45) is 16.9. The van der Waals surface area contributed by atoms with Crippen molar-refractivity contribution in [2.45, 2.75) is 222 Å². The second kappa shape index (κ2) is 43.1. The van der Waals surface area contributed by atoms with Crippen LogP contribution in [0.3, 0.4) is 0 Å². The molecule has 1 aliphatic carbocycles. The largest absolute Gasteiger partial charge is 0.0683 e. The van der Waals surface area contributed by atoms with Crippen LogP contribution in [0.25, 0.3) is 0 Å². The molecule has 1 rings (SSSR count). The molecular formula is C42H96. The van der Waals surface area contributed by atoms with Crippen LogP contribution in [-0.4, -0.2) is 0 Å². The van der Waals surface area contributed by atoms with Crippen molar-refractivity contribution in [2.75, 3.05) is 0 Å². The SMILES string of the molecule is CC.CC.CC.CCC.CCC(C)C(C)C(C)C.CCCCC1CC(C)C(C)C(C)C1C.CCCCCCCC(C)C. The molecular weight excluding hydrogens is 504 g/mol. The van der Waals surface area contributed by atoms with E-state index in [0.717, 1.165) is 53.3 Å². The Kier molecular flexibility index (Phi) is 55.9. The third-order valence-electron chi connectivity index (χ3n) is 9.38. The molecule has 0 aromatic rings. The van der Waals surface area contributed by atoms with Crippen molar-refractivity contribution in [3.05, 3.63) is 0 Å². The average molecular weight is 601 g/mol. The maximum Gasteiger partial charge on any atom is -0.0383 e. The van der Waals surface area contributed by atoms with E-state index in [-0.39, 0.29) is 0 Å². The third-order valence-corrected chi connectivity index (χ3v) is 9.38. The zero-order valence-electron chi connectivity index (χ0n) is 34.7. The maximum absolute atomic E-state index is 2.48. The van der Waals surface area contributed by atoms with Gasteiger partial charge in [0.05, 0.1) is 0 Å². The summed E-state index contributed by atoms with van der Waals surface area (Å²) in [5.74, 6) is 8.30. The summed E-state index contributed by atoms with van der Waals surface area (Å²) in [6, 6.07) is 0. The quantitative estimate of drug-likeness (QED) is 0.195. The summed E-state index contributed by atoms with van der Waals surface area (Å²) in [6.45, 7) is 46.8. The highest BCUT2D eigenvalue weighted by atomic mass is 14.4. The van der Waals surface area contributed by atoms with E-state index in [4.69, 9.17) is 0 Å². The van der Waals surface area contributed by atoms with Gasteiger partial charge in [-0.1, -0.05) is 216 Å². The molecule has 0 saturated heterocycles. The zero-order chi connectivity index (χ0) is 34.7. The Morgan fingerprint density at radius 3 is 1.31 bits per heavy atom. The van der Waals surface area contributed by atoms with Crippen molar-refractivity contribution >= 4 is 0 Å². The first-order valence-electron chi connectivity index (χ1n) is 19.9. The minimum absolute atomic E-state index is 0.847. The molecule has 1 saturated carbocycles. The fraction of sp³-hybridized carbons (Fsp3) is 1.00. The van der Waals surface area contributed by atoms with Gasteiger partial charge in [-0.15, -0.1) is 0 Å². The van der Waals surface area contributed by atoms with Gasteiger partial charge in [0.15, 0.2) is 0 Å². The molecule has 1 fully saturated rings. The van der Waals surface area contributed by atoms with E-state index in [1.807, 2.05) is 41.5 Å². The normalized spacial score (nSPS) is 21.9. The van der Waals surface area contributed by atoms with Crippen LogP contribution >= 0.6 is 0 Å². The summed E-state index contributed by atoms with van der Waals surface area (Å²) in [4.78, 5) is 0. The zero-order valence-corrected chi connectivity index (χ0v) is 34.7. The van der Waals surface area contributed by atoms with E-state index in [0.29, 0.717) is 0 Å². The van der Waals surface area contributed by atoms with Gasteiger partial charge in [-0.3, -0.25) is 0 Å². The molecule has 7 unspecified atom stereocenters. The van der Waals surface area contributed by atoms with E-state index in [2.05, 4.69) is 104 Å². The second-order valence-electron chi connectivity index (χ2n) is 13.5. The topological polar surface area (TPSA) is 0 Å². The smallest absolute Gasteiger partial charge is 0.0383 e. The molecule has 1 aliphatic rings. The highest BCUT2D eigenvalue weighted by Crippen LogP contribution is 2.43. The molecule has 0 aliphatic heterocycles. The van der Waals surface area contributed by atoms with Crippen LogP contribution in [-0.2, 0) is 0 Å². The molecule has 0 spiro atoms. The molecule has 264 valence electrons. The van der Waals surface area contributed by atoms with E-state index in [1.165, 1.54) is 77.0 Å². The predicted molar refractivity (Wildman–Crippen MR) is 206 cm³/mol. The Morgan fingerprint density at radius 1 is 0.548 bits per heavy atom. The summed E-state index contributed by atoms with van der Waals surface area (Å²) in [7, 11) is 0. The van der Waals surface area contributed by atoms with Crippen LogP contribution in [0.1, 0.15) is 222 Å². The van der Waals surface area contributed by atoms with Crippen LogP contribution in [0, 0.1) is 53.3 Å². The van der Waals surface area contributed by atoms with Gasteiger partial charge in [-0.2, -0.15) is 0 Å². The van der Waals surface area contributed by atoms with Crippen LogP contribution in [0.15, 0.2) is 0 Å². The molecule has 42 heavy (non-hydrogen) atoms. The van der Waals surface area contributed by atoms with Crippen molar-refractivity contribution < 1.29 is 0 Å². The summed E-state index contributed by atoms with van der Waals surface area (Å²) in [5.41, 5.74) is 0. The first-order valence-corrected chi connectivity index (χ1v) is 19.9. The van der Waals surface area contributed by atoms with Gasteiger partial charge < -0.3 is 0 Å². The molecule has 7 atom stereocenters. The number of hydrogen-bond donors (Lipinski definition) is 0. The first kappa shape index (κ1) is 54.5. The molecule has 0 heterocycles. The average Bonchev–Trinajstić information content (AvgIpc) is 3.00. The molecule has 0 heteroatoms. The monoisotopic (exact) mass is 601 g/mol. The van der Waals surface area contributed by atoms with Crippen LogP contribution in [0.5, 0.6) is 0 Å². The van der Waals surface area contributed by atoms with Crippen LogP contribution in [0.4, 0.5) is 0 Å². The van der Waals surface area contributed by atoms with Gasteiger partial charge in [0.25, 0.3) is 0 Å². The van der Waals surface area contributed by atoms with Crippen molar-refractivity contribution in [3.8, 4) is 0 Å². The molecule has 0 radical (unpaired) electrons. The fourth-order valence-electron chi connectivity index (χ4n) is 5.37. The van der Waals surface area contributed by atoms with E-state index >= 15 is 0 Å². The Labute approximate surface area is 275 Å². The predicted octanol–water partition coefficient (Wildman–Crippen LogP) is 16.6. The van der Waals surface area contributed by atoms with E-state index in [9.17, 15) is 0 Å². The Morgan fingerprint density at radius 2 is 0.976 bits per heavy atom. The first-order chi connectivity index (χ1) is 19.9. The lowest BCUT2D eigenvalue weighted by Gasteiger charge is -2.42. The van der Waals surface area contributed by atoms with Crippen molar-refractivity contribution in [2.24, 2.45) is 53.3 Å². The Balaban J connectivity index is -0.000000103. The number of rotatable bonds is 12. The van der Waals surface area contributed by atoms with Crippen LogP contribution in [0.2, 0.25) is 0 Å².